The predicted octanol–water partition coefficient (Wildman–Crippen LogP) is 5.52. The van der Waals surface area contributed by atoms with Crippen LogP contribution in [0.15, 0.2) is 42.6 Å². The number of rotatable bonds is 11. The monoisotopic (exact) mass is 422 g/mol. The zero-order valence-electron chi connectivity index (χ0n) is 18.3. The summed E-state index contributed by atoms with van der Waals surface area (Å²) in [5, 5.41) is 13.7. The number of carboxylic acid groups (broad SMARTS) is 1. The Bertz CT molecular complexity index is 983. The summed E-state index contributed by atoms with van der Waals surface area (Å²) in [6, 6.07) is 11.1. The fourth-order valence-electron chi connectivity index (χ4n) is 3.44. The van der Waals surface area contributed by atoms with Gasteiger partial charge < -0.3 is 9.84 Å². The van der Waals surface area contributed by atoms with Crippen molar-refractivity contribution in [3.05, 3.63) is 59.8 Å². The molecule has 0 saturated carbocycles. The van der Waals surface area contributed by atoms with Crippen LogP contribution in [-0.2, 0) is 19.4 Å². The van der Waals surface area contributed by atoms with Crippen molar-refractivity contribution in [1.29, 1.82) is 0 Å². The van der Waals surface area contributed by atoms with E-state index in [4.69, 9.17) is 19.9 Å². The van der Waals surface area contributed by atoms with Gasteiger partial charge in [0.15, 0.2) is 11.6 Å². The minimum absolute atomic E-state index is 0.220. The topological polar surface area (TPSA) is 90.1 Å². The second kappa shape index (κ2) is 11.2. The molecule has 0 amide bonds. The zero-order valence-corrected chi connectivity index (χ0v) is 18.3. The maximum Gasteiger partial charge on any atom is 0.511 e. The normalized spacial score (nSPS) is 10.9. The third-order valence-corrected chi connectivity index (χ3v) is 5.08. The van der Waals surface area contributed by atoms with Gasteiger partial charge in [-0.25, -0.2) is 14.5 Å². The molecule has 3 aromatic rings. The minimum Gasteiger partial charge on any atom is -0.449 e. The molecule has 0 aliphatic carbocycles. The van der Waals surface area contributed by atoms with Gasteiger partial charge in [-0.1, -0.05) is 57.4 Å². The Morgan fingerprint density at radius 1 is 1.03 bits per heavy atom. The first kappa shape index (κ1) is 22.5. The first-order valence-electron chi connectivity index (χ1n) is 11.0. The summed E-state index contributed by atoms with van der Waals surface area (Å²) >= 11 is 0. The molecule has 0 fully saturated rings. The lowest BCUT2D eigenvalue weighted by atomic mass is 10.1. The molecule has 0 bridgehead atoms. The summed E-state index contributed by atoms with van der Waals surface area (Å²) in [4.78, 5) is 20.0. The van der Waals surface area contributed by atoms with Gasteiger partial charge in [0.2, 0.25) is 0 Å². The molecule has 7 nitrogen and oxygen atoms in total. The molecular weight excluding hydrogens is 392 g/mol. The van der Waals surface area contributed by atoms with Crippen LogP contribution in [0, 0.1) is 0 Å². The maximum atomic E-state index is 10.9. The van der Waals surface area contributed by atoms with Crippen molar-refractivity contribution in [3.63, 3.8) is 0 Å². The molecule has 2 aromatic heterocycles. The summed E-state index contributed by atoms with van der Waals surface area (Å²) in [5.74, 6) is 2.19. The van der Waals surface area contributed by atoms with Crippen LogP contribution in [0.1, 0.15) is 63.2 Å². The number of carbonyl (C=O) groups is 1. The quantitative estimate of drug-likeness (QED) is 0.323. The average Bonchev–Trinajstić information content (AvgIpc) is 3.14. The van der Waals surface area contributed by atoms with Gasteiger partial charge in [-0.05, 0) is 30.5 Å². The number of hydrogen-bond donors (Lipinski definition) is 1. The van der Waals surface area contributed by atoms with Gasteiger partial charge in [0.1, 0.15) is 11.5 Å². The van der Waals surface area contributed by atoms with Gasteiger partial charge in [0, 0.05) is 24.6 Å². The Hall–Kier alpha value is -3.22. The molecule has 31 heavy (non-hydrogen) atoms. The van der Waals surface area contributed by atoms with E-state index in [-0.39, 0.29) is 5.75 Å². The maximum absolute atomic E-state index is 10.9. The van der Waals surface area contributed by atoms with E-state index in [0.29, 0.717) is 12.2 Å². The number of aromatic nitrogens is 4. The van der Waals surface area contributed by atoms with Crippen LogP contribution in [0.5, 0.6) is 5.75 Å². The van der Waals surface area contributed by atoms with Crippen molar-refractivity contribution >= 4 is 6.16 Å². The molecule has 164 valence electrons. The highest BCUT2D eigenvalue weighted by Crippen LogP contribution is 2.28. The summed E-state index contributed by atoms with van der Waals surface area (Å²) in [5.41, 5.74) is 2.40. The molecule has 7 heteroatoms. The first-order chi connectivity index (χ1) is 15.1. The van der Waals surface area contributed by atoms with Crippen LogP contribution in [0.3, 0.4) is 0 Å². The first-order valence-corrected chi connectivity index (χ1v) is 11.0. The average molecular weight is 423 g/mol. The summed E-state index contributed by atoms with van der Waals surface area (Å²) in [7, 11) is 0. The molecule has 3 rings (SSSR count). The van der Waals surface area contributed by atoms with E-state index < -0.39 is 6.16 Å². The second-order valence-corrected chi connectivity index (χ2v) is 7.58. The van der Waals surface area contributed by atoms with E-state index in [1.165, 1.54) is 12.8 Å². The predicted molar refractivity (Wildman–Crippen MR) is 119 cm³/mol. The Morgan fingerprint density at radius 3 is 2.52 bits per heavy atom. The van der Waals surface area contributed by atoms with Crippen LogP contribution in [-0.4, -0.2) is 31.0 Å². The van der Waals surface area contributed by atoms with Crippen molar-refractivity contribution in [2.75, 3.05) is 0 Å². The summed E-state index contributed by atoms with van der Waals surface area (Å²) in [6.45, 7) is 5.03. The zero-order chi connectivity index (χ0) is 22.1. The van der Waals surface area contributed by atoms with Crippen LogP contribution in [0.25, 0.3) is 11.3 Å². The van der Waals surface area contributed by atoms with Crippen LogP contribution >= 0.6 is 0 Å². The van der Waals surface area contributed by atoms with Crippen molar-refractivity contribution in [3.8, 4) is 17.0 Å². The SMILES string of the molecule is CCCCCc1nc(CCCC)n(Cc2ccc(-c3ncccc3OC(=O)O)cc2)n1. The largest absolute Gasteiger partial charge is 0.511 e. The van der Waals surface area contributed by atoms with Crippen LogP contribution < -0.4 is 4.74 Å². The Morgan fingerprint density at radius 2 is 1.81 bits per heavy atom. The number of pyridine rings is 1. The molecule has 0 spiro atoms. The van der Waals surface area contributed by atoms with Gasteiger partial charge in [0.25, 0.3) is 0 Å². The van der Waals surface area contributed by atoms with E-state index in [1.54, 1.807) is 18.3 Å². The number of ether oxygens (including phenoxy) is 1. The van der Waals surface area contributed by atoms with Crippen LogP contribution in [0.4, 0.5) is 4.79 Å². The van der Waals surface area contributed by atoms with Gasteiger partial charge in [-0.15, -0.1) is 0 Å². The molecule has 0 saturated heterocycles. The van der Waals surface area contributed by atoms with Crippen molar-refractivity contribution < 1.29 is 14.6 Å². The molecule has 0 radical (unpaired) electrons. The number of unbranched alkanes of at least 4 members (excludes halogenated alkanes) is 3. The lowest BCUT2D eigenvalue weighted by molar-refractivity contribution is 0.144. The molecule has 1 aromatic carbocycles. The highest BCUT2D eigenvalue weighted by Gasteiger charge is 2.13. The van der Waals surface area contributed by atoms with Crippen molar-refractivity contribution in [2.24, 2.45) is 0 Å². The second-order valence-electron chi connectivity index (χ2n) is 7.58. The Kier molecular flexibility index (Phi) is 8.15. The number of hydrogen-bond acceptors (Lipinski definition) is 5. The lowest BCUT2D eigenvalue weighted by Crippen LogP contribution is -2.07. The highest BCUT2D eigenvalue weighted by molar-refractivity contribution is 5.71. The Labute approximate surface area is 183 Å². The Balaban J connectivity index is 1.77. The van der Waals surface area contributed by atoms with E-state index in [9.17, 15) is 4.79 Å². The molecule has 2 heterocycles. The number of aryl methyl sites for hydroxylation is 2. The molecule has 1 N–H and O–H groups in total. The lowest BCUT2D eigenvalue weighted by Gasteiger charge is -2.09. The third kappa shape index (κ3) is 6.38. The van der Waals surface area contributed by atoms with Gasteiger partial charge in [0.05, 0.1) is 6.54 Å². The highest BCUT2D eigenvalue weighted by atomic mass is 16.7. The summed E-state index contributed by atoms with van der Waals surface area (Å²) < 4.78 is 6.87. The summed E-state index contributed by atoms with van der Waals surface area (Å²) in [6.07, 6.45) is 7.83. The molecule has 0 aliphatic rings. The molecule has 0 unspecified atom stereocenters. The molecular formula is C24H30N4O3. The van der Waals surface area contributed by atoms with Crippen molar-refractivity contribution in [1.82, 2.24) is 19.7 Å². The minimum atomic E-state index is -1.36. The van der Waals surface area contributed by atoms with Crippen LogP contribution in [0.2, 0.25) is 0 Å². The van der Waals surface area contributed by atoms with Gasteiger partial charge in [-0.2, -0.15) is 5.10 Å². The van der Waals surface area contributed by atoms with E-state index in [1.807, 2.05) is 28.9 Å². The molecule has 0 atom stereocenters. The third-order valence-electron chi connectivity index (χ3n) is 5.08. The van der Waals surface area contributed by atoms with E-state index in [2.05, 4.69) is 18.8 Å². The van der Waals surface area contributed by atoms with Crippen molar-refractivity contribution in [2.45, 2.75) is 65.3 Å². The van der Waals surface area contributed by atoms with Gasteiger partial charge in [-0.3, -0.25) is 4.98 Å². The van der Waals surface area contributed by atoms with Gasteiger partial charge >= 0.3 is 6.16 Å². The van der Waals surface area contributed by atoms with E-state index in [0.717, 1.165) is 54.9 Å². The standard InChI is InChI=1S/C24H30N4O3/c1-3-5-7-10-21-26-22(11-6-4-2)28(27-21)17-18-12-14-19(15-13-18)23-20(31-24(29)30)9-8-16-25-23/h8-9,12-16H,3-7,10-11,17H2,1-2H3,(H,29,30). The number of benzene rings is 1. The fraction of sp³-hybridized carbons (Fsp3) is 0.417. The molecule has 0 aliphatic heterocycles. The fourth-order valence-corrected chi connectivity index (χ4v) is 3.44. The number of nitrogens with zero attached hydrogens (tertiary/aromatic N) is 4. The van der Waals surface area contributed by atoms with E-state index >= 15 is 0 Å². The smallest absolute Gasteiger partial charge is 0.449 e.